The Morgan fingerprint density at radius 3 is 2.52 bits per heavy atom. The van der Waals surface area contributed by atoms with Gasteiger partial charge in [0.05, 0.1) is 6.10 Å². The monoisotopic (exact) mass is 355 g/mol. The second-order valence-electron chi connectivity index (χ2n) is 4.91. The summed E-state index contributed by atoms with van der Waals surface area (Å²) in [6.07, 6.45) is -0.965. The zero-order chi connectivity index (χ0) is 15.6. The predicted molar refractivity (Wildman–Crippen MR) is 82.0 cm³/mol. The first-order valence-corrected chi connectivity index (χ1v) is 7.33. The molecule has 0 aliphatic rings. The van der Waals surface area contributed by atoms with Crippen molar-refractivity contribution in [3.8, 4) is 0 Å². The molecule has 0 fully saturated rings. The Bertz CT molecular complexity index is 648. The minimum atomic E-state index is -0.965. The highest BCUT2D eigenvalue weighted by molar-refractivity contribution is 9.10. The molecule has 21 heavy (non-hydrogen) atoms. The van der Waals surface area contributed by atoms with Crippen LogP contribution in [0.3, 0.4) is 0 Å². The summed E-state index contributed by atoms with van der Waals surface area (Å²) in [5.74, 6) is -1.99. The van der Waals surface area contributed by atoms with E-state index in [1.54, 1.807) is 12.1 Å². The quantitative estimate of drug-likeness (QED) is 0.875. The molecular weight excluding hydrogens is 340 g/mol. The number of aliphatic hydroxyl groups excluding tert-OH is 1. The maximum atomic E-state index is 13.9. The molecule has 0 heterocycles. The van der Waals surface area contributed by atoms with E-state index in [4.69, 9.17) is 5.73 Å². The van der Waals surface area contributed by atoms with E-state index in [1.807, 2.05) is 13.0 Å². The number of hydrogen-bond acceptors (Lipinski definition) is 2. The van der Waals surface area contributed by atoms with Gasteiger partial charge in [-0.05, 0) is 35.7 Å². The molecule has 0 aromatic heterocycles. The Kier molecular flexibility index (Phi) is 5.08. The van der Waals surface area contributed by atoms with Crippen molar-refractivity contribution in [2.24, 2.45) is 5.73 Å². The third-order valence-electron chi connectivity index (χ3n) is 3.63. The van der Waals surface area contributed by atoms with Crippen LogP contribution in [0, 0.1) is 18.6 Å². The lowest BCUT2D eigenvalue weighted by Gasteiger charge is -2.24. The average molecular weight is 356 g/mol. The fourth-order valence-corrected chi connectivity index (χ4v) is 2.77. The van der Waals surface area contributed by atoms with Crippen LogP contribution in [0.2, 0.25) is 0 Å². The topological polar surface area (TPSA) is 46.2 Å². The van der Waals surface area contributed by atoms with Crippen LogP contribution < -0.4 is 5.73 Å². The molecule has 0 aliphatic heterocycles. The van der Waals surface area contributed by atoms with E-state index in [2.05, 4.69) is 15.9 Å². The van der Waals surface area contributed by atoms with Crippen molar-refractivity contribution in [2.45, 2.75) is 18.9 Å². The average Bonchev–Trinajstić information content (AvgIpc) is 2.44. The van der Waals surface area contributed by atoms with E-state index < -0.39 is 23.7 Å². The Morgan fingerprint density at radius 2 is 1.90 bits per heavy atom. The van der Waals surface area contributed by atoms with Crippen LogP contribution in [-0.4, -0.2) is 11.7 Å². The molecule has 0 bridgehead atoms. The molecule has 2 atom stereocenters. The van der Waals surface area contributed by atoms with Gasteiger partial charge in [-0.1, -0.05) is 34.1 Å². The molecule has 0 saturated heterocycles. The second-order valence-corrected chi connectivity index (χ2v) is 5.76. The zero-order valence-electron chi connectivity index (χ0n) is 11.5. The molecule has 5 heteroatoms. The van der Waals surface area contributed by atoms with E-state index in [0.717, 1.165) is 16.1 Å². The van der Waals surface area contributed by atoms with Crippen LogP contribution in [0.5, 0.6) is 0 Å². The summed E-state index contributed by atoms with van der Waals surface area (Å²) in [5, 5.41) is 10.6. The van der Waals surface area contributed by atoms with Gasteiger partial charge >= 0.3 is 0 Å². The molecule has 0 radical (unpaired) electrons. The number of rotatable bonds is 4. The van der Waals surface area contributed by atoms with Gasteiger partial charge in [0, 0.05) is 23.0 Å². The first-order chi connectivity index (χ1) is 9.95. The predicted octanol–water partition coefficient (Wildman–Crippen LogP) is 3.81. The van der Waals surface area contributed by atoms with Gasteiger partial charge < -0.3 is 10.8 Å². The van der Waals surface area contributed by atoms with E-state index >= 15 is 0 Å². The summed E-state index contributed by atoms with van der Waals surface area (Å²) in [4.78, 5) is 0. The molecule has 112 valence electrons. The summed E-state index contributed by atoms with van der Waals surface area (Å²) in [6.45, 7) is 1.91. The minimum Gasteiger partial charge on any atom is -0.388 e. The summed E-state index contributed by atoms with van der Waals surface area (Å²) in [7, 11) is 0. The van der Waals surface area contributed by atoms with Crippen LogP contribution in [0.15, 0.2) is 40.9 Å². The van der Waals surface area contributed by atoms with E-state index in [1.165, 1.54) is 12.1 Å². The number of aliphatic hydroxyl groups is 1. The molecular formula is C16H16BrF2NO. The highest BCUT2D eigenvalue weighted by Crippen LogP contribution is 2.35. The Morgan fingerprint density at radius 1 is 1.19 bits per heavy atom. The normalized spacial score (nSPS) is 14.0. The summed E-state index contributed by atoms with van der Waals surface area (Å²) < 4.78 is 27.8. The van der Waals surface area contributed by atoms with Crippen molar-refractivity contribution in [3.63, 3.8) is 0 Å². The Balaban J connectivity index is 2.43. The number of hydrogen-bond donors (Lipinski definition) is 2. The maximum absolute atomic E-state index is 13.9. The standard InChI is InChI=1S/C16H16BrF2NO/c1-9-11(3-2-4-14(9)17)16(21)13(8-20)12-6-5-10(18)7-15(12)19/h2-7,13,16,21H,8,20H2,1H3. The second kappa shape index (κ2) is 6.64. The molecule has 0 aliphatic carbocycles. The highest BCUT2D eigenvalue weighted by atomic mass is 79.9. The zero-order valence-corrected chi connectivity index (χ0v) is 13.1. The van der Waals surface area contributed by atoms with Gasteiger partial charge in [-0.2, -0.15) is 0 Å². The largest absolute Gasteiger partial charge is 0.388 e. The lowest BCUT2D eigenvalue weighted by Crippen LogP contribution is -2.22. The summed E-state index contributed by atoms with van der Waals surface area (Å²) >= 11 is 3.40. The Hall–Kier alpha value is -1.30. The van der Waals surface area contributed by atoms with Crippen LogP contribution in [0.25, 0.3) is 0 Å². The molecule has 3 N–H and O–H groups in total. The third-order valence-corrected chi connectivity index (χ3v) is 4.48. The molecule has 2 aromatic carbocycles. The third kappa shape index (κ3) is 3.31. The van der Waals surface area contributed by atoms with Crippen LogP contribution in [0.1, 0.15) is 28.7 Å². The van der Waals surface area contributed by atoms with Crippen LogP contribution in [-0.2, 0) is 0 Å². The van der Waals surface area contributed by atoms with Gasteiger partial charge in [0.25, 0.3) is 0 Å². The molecule has 0 spiro atoms. The van der Waals surface area contributed by atoms with Crippen LogP contribution in [0.4, 0.5) is 8.78 Å². The van der Waals surface area contributed by atoms with Crippen molar-refractivity contribution in [3.05, 3.63) is 69.2 Å². The maximum Gasteiger partial charge on any atom is 0.129 e. The van der Waals surface area contributed by atoms with E-state index in [-0.39, 0.29) is 12.1 Å². The molecule has 0 saturated carbocycles. The van der Waals surface area contributed by atoms with Gasteiger partial charge in [-0.3, -0.25) is 0 Å². The SMILES string of the molecule is Cc1c(Br)cccc1C(O)C(CN)c1ccc(F)cc1F. The van der Waals surface area contributed by atoms with Gasteiger partial charge in [-0.15, -0.1) is 0 Å². The fraction of sp³-hybridized carbons (Fsp3) is 0.250. The summed E-state index contributed by atoms with van der Waals surface area (Å²) in [5.41, 5.74) is 7.46. The molecule has 2 rings (SSSR count). The van der Waals surface area contributed by atoms with Gasteiger partial charge in [0.15, 0.2) is 0 Å². The smallest absolute Gasteiger partial charge is 0.129 e. The van der Waals surface area contributed by atoms with Gasteiger partial charge in [0.2, 0.25) is 0 Å². The summed E-state index contributed by atoms with van der Waals surface area (Å²) in [6, 6.07) is 8.74. The van der Waals surface area contributed by atoms with Gasteiger partial charge in [-0.25, -0.2) is 8.78 Å². The molecule has 2 aromatic rings. The highest BCUT2D eigenvalue weighted by Gasteiger charge is 2.26. The fourth-order valence-electron chi connectivity index (χ4n) is 2.39. The number of benzene rings is 2. The molecule has 0 amide bonds. The van der Waals surface area contributed by atoms with Crippen molar-refractivity contribution in [1.82, 2.24) is 0 Å². The van der Waals surface area contributed by atoms with E-state index in [9.17, 15) is 13.9 Å². The van der Waals surface area contributed by atoms with Crippen molar-refractivity contribution in [2.75, 3.05) is 6.54 Å². The lowest BCUT2D eigenvalue weighted by molar-refractivity contribution is 0.145. The van der Waals surface area contributed by atoms with E-state index in [0.29, 0.717) is 5.56 Å². The van der Waals surface area contributed by atoms with Gasteiger partial charge in [0.1, 0.15) is 11.6 Å². The van der Waals surface area contributed by atoms with Crippen LogP contribution >= 0.6 is 15.9 Å². The van der Waals surface area contributed by atoms with Crippen molar-refractivity contribution < 1.29 is 13.9 Å². The first-order valence-electron chi connectivity index (χ1n) is 6.53. The molecule has 2 unspecified atom stereocenters. The minimum absolute atomic E-state index is 0.0513. The van der Waals surface area contributed by atoms with Crippen molar-refractivity contribution >= 4 is 15.9 Å². The number of halogens is 3. The molecule has 2 nitrogen and oxygen atoms in total. The Labute approximate surface area is 130 Å². The number of nitrogens with two attached hydrogens (primary N) is 1. The van der Waals surface area contributed by atoms with Crippen molar-refractivity contribution in [1.29, 1.82) is 0 Å². The first kappa shape index (κ1) is 16.1. The lowest BCUT2D eigenvalue weighted by atomic mass is 9.87.